The number of benzene rings is 1. The lowest BCUT2D eigenvalue weighted by atomic mass is 10.2. The molecule has 0 saturated carbocycles. The lowest BCUT2D eigenvalue weighted by molar-refractivity contribution is 0.0737. The SMILES string of the molecule is Cc1c(C(=O)N(C)[C@H]2CCNC2)nnn1-c1ccc2ncccc2c1. The zero-order valence-electron chi connectivity index (χ0n) is 14.3. The molecule has 0 bridgehead atoms. The van der Waals surface area contributed by atoms with E-state index in [4.69, 9.17) is 0 Å². The van der Waals surface area contributed by atoms with E-state index in [2.05, 4.69) is 20.6 Å². The lowest BCUT2D eigenvalue weighted by Gasteiger charge is -2.22. The van der Waals surface area contributed by atoms with Crippen molar-refractivity contribution < 1.29 is 4.79 Å². The van der Waals surface area contributed by atoms with Crippen LogP contribution in [-0.4, -0.2) is 57.0 Å². The smallest absolute Gasteiger partial charge is 0.276 e. The fourth-order valence-electron chi connectivity index (χ4n) is 3.27. The highest BCUT2D eigenvalue weighted by atomic mass is 16.2. The number of rotatable bonds is 3. The highest BCUT2D eigenvalue weighted by Gasteiger charge is 2.27. The molecule has 4 rings (SSSR count). The molecule has 1 saturated heterocycles. The Morgan fingerprint density at radius 3 is 3.04 bits per heavy atom. The zero-order chi connectivity index (χ0) is 17.4. The fraction of sp³-hybridized carbons (Fsp3) is 0.333. The third kappa shape index (κ3) is 2.76. The van der Waals surface area contributed by atoms with E-state index in [-0.39, 0.29) is 11.9 Å². The summed E-state index contributed by atoms with van der Waals surface area (Å²) in [6.07, 6.45) is 2.74. The van der Waals surface area contributed by atoms with E-state index in [9.17, 15) is 4.79 Å². The normalized spacial score (nSPS) is 17.1. The summed E-state index contributed by atoms with van der Waals surface area (Å²) in [5.41, 5.74) is 2.94. The van der Waals surface area contributed by atoms with Crippen molar-refractivity contribution in [3.63, 3.8) is 0 Å². The molecule has 1 amide bonds. The number of carbonyl (C=O) groups excluding carboxylic acids is 1. The first-order valence-electron chi connectivity index (χ1n) is 8.40. The van der Waals surface area contributed by atoms with Crippen molar-refractivity contribution in [3.05, 3.63) is 47.9 Å². The number of likely N-dealkylation sites (N-methyl/N-ethyl adjacent to an activating group) is 1. The lowest BCUT2D eigenvalue weighted by Crippen LogP contribution is -2.38. The zero-order valence-corrected chi connectivity index (χ0v) is 14.3. The summed E-state index contributed by atoms with van der Waals surface area (Å²) >= 11 is 0. The van der Waals surface area contributed by atoms with Crippen LogP contribution in [0.4, 0.5) is 0 Å². The summed E-state index contributed by atoms with van der Waals surface area (Å²) < 4.78 is 1.71. The summed E-state index contributed by atoms with van der Waals surface area (Å²) in [4.78, 5) is 18.9. The van der Waals surface area contributed by atoms with Crippen LogP contribution >= 0.6 is 0 Å². The summed E-state index contributed by atoms with van der Waals surface area (Å²) in [5.74, 6) is -0.0834. The first-order valence-corrected chi connectivity index (χ1v) is 8.40. The standard InChI is InChI=1S/C18H20N6O/c1-12-17(18(25)23(2)15-7-9-19-11-15)21-22-24(12)14-5-6-16-13(10-14)4-3-8-20-16/h3-6,8,10,15,19H,7,9,11H2,1-2H3/t15-/m0/s1. The van der Waals surface area contributed by atoms with Gasteiger partial charge in [0.1, 0.15) is 0 Å². The number of hydrogen-bond acceptors (Lipinski definition) is 5. The number of pyridine rings is 1. The Bertz CT molecular complexity index is 928. The molecule has 1 aromatic carbocycles. The van der Waals surface area contributed by atoms with Gasteiger partial charge in [0.05, 0.1) is 16.9 Å². The van der Waals surface area contributed by atoms with E-state index in [0.29, 0.717) is 5.69 Å². The van der Waals surface area contributed by atoms with E-state index < -0.39 is 0 Å². The van der Waals surface area contributed by atoms with Crippen LogP contribution < -0.4 is 5.32 Å². The molecule has 0 unspecified atom stereocenters. The van der Waals surface area contributed by atoms with Crippen molar-refractivity contribution in [2.75, 3.05) is 20.1 Å². The number of hydrogen-bond donors (Lipinski definition) is 1. The van der Waals surface area contributed by atoms with E-state index in [0.717, 1.165) is 41.8 Å². The molecular weight excluding hydrogens is 316 g/mol. The Labute approximate surface area is 145 Å². The van der Waals surface area contributed by atoms with E-state index in [1.807, 2.05) is 44.3 Å². The number of nitrogens with one attached hydrogen (secondary N) is 1. The van der Waals surface area contributed by atoms with Gasteiger partial charge in [-0.2, -0.15) is 0 Å². The van der Waals surface area contributed by atoms with Gasteiger partial charge >= 0.3 is 0 Å². The second-order valence-corrected chi connectivity index (χ2v) is 6.38. The molecule has 1 N–H and O–H groups in total. The number of fused-ring (bicyclic) bond motifs is 1. The molecule has 1 aliphatic heterocycles. The quantitative estimate of drug-likeness (QED) is 0.785. The number of aromatic nitrogens is 4. The molecule has 128 valence electrons. The van der Waals surface area contributed by atoms with Crippen LogP contribution in [-0.2, 0) is 0 Å². The molecule has 0 radical (unpaired) electrons. The Morgan fingerprint density at radius 1 is 1.36 bits per heavy atom. The minimum Gasteiger partial charge on any atom is -0.336 e. The maximum Gasteiger partial charge on any atom is 0.276 e. The average molecular weight is 336 g/mol. The van der Waals surface area contributed by atoms with Gasteiger partial charge in [-0.15, -0.1) is 5.10 Å². The Morgan fingerprint density at radius 2 is 2.24 bits per heavy atom. The highest BCUT2D eigenvalue weighted by molar-refractivity contribution is 5.93. The minimum atomic E-state index is -0.0834. The predicted octanol–water partition coefficient (Wildman–Crippen LogP) is 1.56. The number of nitrogens with zero attached hydrogens (tertiary/aromatic N) is 5. The molecule has 1 atom stereocenters. The predicted molar refractivity (Wildman–Crippen MR) is 94.8 cm³/mol. The van der Waals surface area contributed by atoms with Crippen molar-refractivity contribution in [1.29, 1.82) is 0 Å². The summed E-state index contributed by atoms with van der Waals surface area (Å²) in [7, 11) is 1.83. The maximum atomic E-state index is 12.8. The van der Waals surface area contributed by atoms with Gasteiger partial charge in [0.2, 0.25) is 0 Å². The molecule has 1 aliphatic rings. The van der Waals surface area contributed by atoms with Crippen molar-refractivity contribution in [1.82, 2.24) is 30.2 Å². The van der Waals surface area contributed by atoms with Gasteiger partial charge in [0.15, 0.2) is 5.69 Å². The highest BCUT2D eigenvalue weighted by Crippen LogP contribution is 2.19. The summed E-state index contributed by atoms with van der Waals surface area (Å²) in [5, 5.41) is 12.7. The molecule has 1 fully saturated rings. The number of carbonyl (C=O) groups is 1. The average Bonchev–Trinajstić information content (AvgIpc) is 3.30. The molecule has 3 aromatic rings. The van der Waals surface area contributed by atoms with Crippen molar-refractivity contribution >= 4 is 16.8 Å². The fourth-order valence-corrected chi connectivity index (χ4v) is 3.27. The van der Waals surface area contributed by atoms with E-state index >= 15 is 0 Å². The first-order chi connectivity index (χ1) is 12.1. The van der Waals surface area contributed by atoms with Crippen LogP contribution in [0.15, 0.2) is 36.5 Å². The van der Waals surface area contributed by atoms with Crippen LogP contribution in [0, 0.1) is 6.92 Å². The summed E-state index contributed by atoms with van der Waals surface area (Å²) in [6, 6.07) is 10.0. The first kappa shape index (κ1) is 15.7. The van der Waals surface area contributed by atoms with Gasteiger partial charge in [-0.25, -0.2) is 4.68 Å². The third-order valence-electron chi connectivity index (χ3n) is 4.83. The van der Waals surface area contributed by atoms with Crippen LogP contribution in [0.5, 0.6) is 0 Å². The van der Waals surface area contributed by atoms with Gasteiger partial charge in [0, 0.05) is 31.2 Å². The van der Waals surface area contributed by atoms with Gasteiger partial charge in [-0.3, -0.25) is 9.78 Å². The Balaban J connectivity index is 1.66. The van der Waals surface area contributed by atoms with Gasteiger partial charge in [0.25, 0.3) is 5.91 Å². The van der Waals surface area contributed by atoms with Gasteiger partial charge in [-0.1, -0.05) is 11.3 Å². The maximum absolute atomic E-state index is 12.8. The van der Waals surface area contributed by atoms with Gasteiger partial charge < -0.3 is 10.2 Å². The molecule has 3 heterocycles. The topological polar surface area (TPSA) is 75.9 Å². The monoisotopic (exact) mass is 336 g/mol. The Kier molecular flexibility index (Phi) is 3.93. The van der Waals surface area contributed by atoms with E-state index in [1.54, 1.807) is 15.8 Å². The number of amides is 1. The third-order valence-corrected chi connectivity index (χ3v) is 4.83. The van der Waals surface area contributed by atoms with E-state index in [1.165, 1.54) is 0 Å². The van der Waals surface area contributed by atoms with Crippen molar-refractivity contribution in [3.8, 4) is 5.69 Å². The van der Waals surface area contributed by atoms with Crippen LogP contribution in [0.2, 0.25) is 0 Å². The molecule has 7 nitrogen and oxygen atoms in total. The Hall–Kier alpha value is -2.80. The van der Waals surface area contributed by atoms with Crippen molar-refractivity contribution in [2.45, 2.75) is 19.4 Å². The van der Waals surface area contributed by atoms with Crippen molar-refractivity contribution in [2.24, 2.45) is 0 Å². The largest absolute Gasteiger partial charge is 0.336 e. The molecular formula is C18H20N6O. The van der Waals surface area contributed by atoms with Crippen LogP contribution in [0.3, 0.4) is 0 Å². The summed E-state index contributed by atoms with van der Waals surface area (Å²) in [6.45, 7) is 3.65. The van der Waals surface area contributed by atoms with Crippen LogP contribution in [0.25, 0.3) is 16.6 Å². The molecule has 7 heteroatoms. The minimum absolute atomic E-state index is 0.0834. The van der Waals surface area contributed by atoms with Crippen LogP contribution in [0.1, 0.15) is 22.6 Å². The van der Waals surface area contributed by atoms with Gasteiger partial charge in [-0.05, 0) is 44.2 Å². The molecule has 2 aromatic heterocycles. The second kappa shape index (κ2) is 6.25. The molecule has 25 heavy (non-hydrogen) atoms. The molecule has 0 spiro atoms. The molecule has 0 aliphatic carbocycles. The second-order valence-electron chi connectivity index (χ2n) is 6.38.